The van der Waals surface area contributed by atoms with E-state index in [0.29, 0.717) is 0 Å². The van der Waals surface area contributed by atoms with Gasteiger partial charge in [-0.25, -0.2) is 4.98 Å². The van der Waals surface area contributed by atoms with Crippen LogP contribution in [0, 0.1) is 0 Å². The third-order valence-electron chi connectivity index (χ3n) is 1.34. The van der Waals surface area contributed by atoms with Crippen molar-refractivity contribution in [3.05, 3.63) is 21.3 Å². The summed E-state index contributed by atoms with van der Waals surface area (Å²) >= 11 is 16.7. The lowest BCUT2D eigenvalue weighted by molar-refractivity contribution is -0.115. The molecule has 0 amide bonds. The van der Waals surface area contributed by atoms with Crippen LogP contribution in [0.15, 0.2) is 6.07 Å². The second kappa shape index (κ2) is 4.63. The van der Waals surface area contributed by atoms with Gasteiger partial charge in [0, 0.05) is 0 Å². The van der Waals surface area contributed by atoms with E-state index in [-0.39, 0.29) is 21.0 Å². The molecule has 1 rings (SSSR count). The summed E-state index contributed by atoms with van der Waals surface area (Å²) in [5, 5.41) is 1.97. The Morgan fingerprint density at radius 3 is 2.33 bits per heavy atom. The molecule has 0 saturated carbocycles. The molecule has 0 radical (unpaired) electrons. The van der Waals surface area contributed by atoms with Crippen LogP contribution >= 0.6 is 34.8 Å². The van der Waals surface area contributed by atoms with E-state index in [1.54, 1.807) is 0 Å². The Morgan fingerprint density at radius 1 is 1.20 bits per heavy atom. The van der Waals surface area contributed by atoms with Crippen molar-refractivity contribution in [2.75, 3.05) is 11.9 Å². The van der Waals surface area contributed by atoms with Gasteiger partial charge in [0.15, 0.2) is 0 Å². The topological polar surface area (TPSA) is 24.9 Å². The van der Waals surface area contributed by atoms with Crippen molar-refractivity contribution in [2.45, 2.75) is 6.18 Å². The fourth-order valence-corrected chi connectivity index (χ4v) is 1.32. The molecule has 8 heteroatoms. The molecule has 0 fully saturated rings. The molecular weight excluding hydrogens is 275 g/mol. The SMILES string of the molecule is FC(F)(F)CNc1nc(Cl)c(Cl)cc1Cl. The van der Waals surface area contributed by atoms with E-state index < -0.39 is 12.7 Å². The first-order valence-corrected chi connectivity index (χ1v) is 4.75. The van der Waals surface area contributed by atoms with Crippen LogP contribution in [0.2, 0.25) is 15.2 Å². The van der Waals surface area contributed by atoms with Gasteiger partial charge >= 0.3 is 6.18 Å². The van der Waals surface area contributed by atoms with E-state index in [1.807, 2.05) is 5.32 Å². The zero-order valence-corrected chi connectivity index (χ0v) is 9.27. The molecule has 2 nitrogen and oxygen atoms in total. The standard InChI is InChI=1S/C7H4Cl3F3N2/c8-3-1-4(9)6(15-5(3)10)14-2-7(11,12)13/h1H,2H2,(H,14,15). The highest BCUT2D eigenvalue weighted by molar-refractivity contribution is 6.42. The highest BCUT2D eigenvalue weighted by atomic mass is 35.5. The summed E-state index contributed by atoms with van der Waals surface area (Å²) in [7, 11) is 0. The van der Waals surface area contributed by atoms with Crippen molar-refractivity contribution in [3.8, 4) is 0 Å². The zero-order chi connectivity index (χ0) is 11.6. The highest BCUT2D eigenvalue weighted by Gasteiger charge is 2.27. The van der Waals surface area contributed by atoms with E-state index in [0.717, 1.165) is 0 Å². The number of anilines is 1. The van der Waals surface area contributed by atoms with Crippen molar-refractivity contribution >= 4 is 40.6 Å². The average molecular weight is 279 g/mol. The molecule has 84 valence electrons. The largest absolute Gasteiger partial charge is 0.405 e. The van der Waals surface area contributed by atoms with E-state index >= 15 is 0 Å². The van der Waals surface area contributed by atoms with Crippen LogP contribution in [0.25, 0.3) is 0 Å². The summed E-state index contributed by atoms with van der Waals surface area (Å²) in [5.41, 5.74) is 0. The molecular formula is C7H4Cl3F3N2. The third-order valence-corrected chi connectivity index (χ3v) is 2.30. The molecule has 0 aliphatic heterocycles. The van der Waals surface area contributed by atoms with Crippen molar-refractivity contribution in [1.29, 1.82) is 0 Å². The van der Waals surface area contributed by atoms with Crippen LogP contribution in [-0.2, 0) is 0 Å². The lowest BCUT2D eigenvalue weighted by atomic mass is 10.4. The minimum atomic E-state index is -4.35. The number of rotatable bonds is 2. The lowest BCUT2D eigenvalue weighted by Crippen LogP contribution is -2.22. The summed E-state index contributed by atoms with van der Waals surface area (Å²) < 4.78 is 35.6. The monoisotopic (exact) mass is 278 g/mol. The van der Waals surface area contributed by atoms with Crippen molar-refractivity contribution in [1.82, 2.24) is 4.98 Å². The number of nitrogens with zero attached hydrogens (tertiary/aromatic N) is 1. The Balaban J connectivity index is 2.82. The van der Waals surface area contributed by atoms with Gasteiger partial charge in [0.1, 0.15) is 17.5 Å². The maximum absolute atomic E-state index is 11.9. The minimum absolute atomic E-state index is 0.0198. The fraction of sp³-hybridized carbons (Fsp3) is 0.286. The molecule has 1 N–H and O–H groups in total. The molecule has 0 aliphatic carbocycles. The van der Waals surface area contributed by atoms with Gasteiger partial charge in [0.2, 0.25) is 0 Å². The molecule has 1 aromatic rings. The van der Waals surface area contributed by atoms with E-state index in [9.17, 15) is 13.2 Å². The summed E-state index contributed by atoms with van der Waals surface area (Å²) in [5.74, 6) is -0.150. The predicted molar refractivity (Wildman–Crippen MR) is 53.8 cm³/mol. The van der Waals surface area contributed by atoms with Crippen molar-refractivity contribution in [2.24, 2.45) is 0 Å². The Morgan fingerprint density at radius 2 is 1.80 bits per heavy atom. The number of nitrogens with one attached hydrogen (secondary N) is 1. The van der Waals surface area contributed by atoms with Gasteiger partial charge in [0.25, 0.3) is 0 Å². The van der Waals surface area contributed by atoms with Crippen LogP contribution in [-0.4, -0.2) is 17.7 Å². The lowest BCUT2D eigenvalue weighted by Gasteiger charge is -2.10. The first-order chi connectivity index (χ1) is 6.79. The van der Waals surface area contributed by atoms with Gasteiger partial charge in [0.05, 0.1) is 10.0 Å². The maximum Gasteiger partial charge on any atom is 0.405 e. The van der Waals surface area contributed by atoms with Crippen LogP contribution in [0.1, 0.15) is 0 Å². The third kappa shape index (κ3) is 3.93. The van der Waals surface area contributed by atoms with Crippen molar-refractivity contribution < 1.29 is 13.2 Å². The molecule has 0 unspecified atom stereocenters. The number of hydrogen-bond acceptors (Lipinski definition) is 2. The molecule has 0 atom stereocenters. The molecule has 0 bridgehead atoms. The predicted octanol–water partition coefficient (Wildman–Crippen LogP) is 4.02. The minimum Gasteiger partial charge on any atom is -0.360 e. The molecule has 1 aromatic heterocycles. The Labute approximate surface area is 98.3 Å². The number of aromatic nitrogens is 1. The van der Waals surface area contributed by atoms with Gasteiger partial charge in [-0.2, -0.15) is 13.2 Å². The first kappa shape index (κ1) is 12.7. The van der Waals surface area contributed by atoms with Gasteiger partial charge in [-0.1, -0.05) is 34.8 Å². The molecule has 0 saturated heterocycles. The summed E-state index contributed by atoms with van der Waals surface area (Å²) in [6.45, 7) is -1.24. The number of pyridine rings is 1. The summed E-state index contributed by atoms with van der Waals surface area (Å²) in [6.07, 6.45) is -4.35. The Hall–Kier alpha value is -0.390. The van der Waals surface area contributed by atoms with E-state index in [1.165, 1.54) is 6.07 Å². The number of halogens is 6. The summed E-state index contributed by atoms with van der Waals surface area (Å²) in [4.78, 5) is 3.57. The van der Waals surface area contributed by atoms with Gasteiger partial charge in [-0.3, -0.25) is 0 Å². The second-order valence-corrected chi connectivity index (χ2v) is 3.73. The van der Waals surface area contributed by atoms with Crippen LogP contribution < -0.4 is 5.32 Å². The molecule has 0 spiro atoms. The van der Waals surface area contributed by atoms with Crippen LogP contribution in [0.5, 0.6) is 0 Å². The second-order valence-electron chi connectivity index (χ2n) is 2.56. The average Bonchev–Trinajstić information content (AvgIpc) is 2.07. The van der Waals surface area contributed by atoms with Gasteiger partial charge < -0.3 is 5.32 Å². The van der Waals surface area contributed by atoms with Crippen molar-refractivity contribution in [3.63, 3.8) is 0 Å². The fourth-order valence-electron chi connectivity index (χ4n) is 0.752. The first-order valence-electron chi connectivity index (χ1n) is 3.62. The number of hydrogen-bond donors (Lipinski definition) is 1. The smallest absolute Gasteiger partial charge is 0.360 e. The van der Waals surface area contributed by atoms with Gasteiger partial charge in [-0.15, -0.1) is 0 Å². The Bertz CT molecular complexity index is 367. The molecule has 15 heavy (non-hydrogen) atoms. The molecule has 0 aromatic carbocycles. The molecule has 1 heterocycles. The molecule has 0 aliphatic rings. The Kier molecular flexibility index (Phi) is 3.92. The van der Waals surface area contributed by atoms with Crippen LogP contribution in [0.4, 0.5) is 19.0 Å². The number of alkyl halides is 3. The maximum atomic E-state index is 11.9. The van der Waals surface area contributed by atoms with E-state index in [2.05, 4.69) is 4.98 Å². The quantitative estimate of drug-likeness (QED) is 0.827. The van der Waals surface area contributed by atoms with Gasteiger partial charge in [-0.05, 0) is 6.07 Å². The summed E-state index contributed by atoms with van der Waals surface area (Å²) in [6, 6.07) is 1.22. The zero-order valence-electron chi connectivity index (χ0n) is 7.00. The highest BCUT2D eigenvalue weighted by Crippen LogP contribution is 2.29. The normalized spacial score (nSPS) is 11.6. The van der Waals surface area contributed by atoms with E-state index in [4.69, 9.17) is 34.8 Å². The van der Waals surface area contributed by atoms with Crippen LogP contribution in [0.3, 0.4) is 0 Å².